The Morgan fingerprint density at radius 1 is 1.04 bits per heavy atom. The van der Waals surface area contributed by atoms with Crippen molar-refractivity contribution in [1.82, 2.24) is 5.32 Å². The Morgan fingerprint density at radius 3 is 2.29 bits per heavy atom. The van der Waals surface area contributed by atoms with Crippen molar-refractivity contribution in [1.29, 1.82) is 0 Å². The van der Waals surface area contributed by atoms with Gasteiger partial charge in [0.2, 0.25) is 5.91 Å². The van der Waals surface area contributed by atoms with E-state index in [4.69, 9.17) is 9.84 Å². The number of amides is 1. The minimum Gasteiger partial charge on any atom is -0.478 e. The van der Waals surface area contributed by atoms with Crippen LogP contribution in [0.1, 0.15) is 33.9 Å². The summed E-state index contributed by atoms with van der Waals surface area (Å²) in [5.74, 6) is -1.14. The number of hydrogen-bond acceptors (Lipinski definition) is 3. The topological polar surface area (TPSA) is 75.6 Å². The molecule has 0 spiro atoms. The number of aromatic carboxylic acids is 1. The van der Waals surface area contributed by atoms with Crippen molar-refractivity contribution in [3.05, 3.63) is 71.3 Å². The van der Waals surface area contributed by atoms with Crippen LogP contribution in [0.25, 0.3) is 0 Å². The number of carboxylic acids is 1. The van der Waals surface area contributed by atoms with Gasteiger partial charge in [-0.15, -0.1) is 0 Å². The predicted octanol–water partition coefficient (Wildman–Crippen LogP) is 2.63. The van der Waals surface area contributed by atoms with Gasteiger partial charge in [0.05, 0.1) is 24.1 Å². The molecule has 2 aromatic carbocycles. The van der Waals surface area contributed by atoms with E-state index in [1.54, 1.807) is 24.3 Å². The van der Waals surface area contributed by atoms with Crippen molar-refractivity contribution >= 4 is 11.9 Å². The van der Waals surface area contributed by atoms with Gasteiger partial charge in [0, 0.05) is 6.61 Å². The average Bonchev–Trinajstić information content (AvgIpc) is 3.15. The third-order valence-corrected chi connectivity index (χ3v) is 4.21. The van der Waals surface area contributed by atoms with Gasteiger partial charge in [-0.1, -0.05) is 42.5 Å². The number of hydrogen-bond donors (Lipinski definition) is 2. The fraction of sp³-hybridized carbons (Fsp3) is 0.263. The van der Waals surface area contributed by atoms with E-state index in [2.05, 4.69) is 5.32 Å². The number of benzene rings is 2. The first kappa shape index (κ1) is 16.2. The Labute approximate surface area is 140 Å². The Kier molecular flexibility index (Phi) is 4.91. The van der Waals surface area contributed by atoms with Crippen molar-refractivity contribution in [2.24, 2.45) is 5.92 Å². The Hall–Kier alpha value is -2.66. The number of carbonyl (C=O) groups excluding carboxylic acids is 1. The molecule has 0 aliphatic carbocycles. The molecule has 2 unspecified atom stereocenters. The number of nitrogens with one attached hydrogen (secondary N) is 1. The second-order valence-corrected chi connectivity index (χ2v) is 5.84. The van der Waals surface area contributed by atoms with Gasteiger partial charge in [0.25, 0.3) is 0 Å². The minimum atomic E-state index is -0.968. The molecule has 0 aromatic heterocycles. The molecule has 5 heteroatoms. The lowest BCUT2D eigenvalue weighted by molar-refractivity contribution is -0.125. The standard InChI is InChI=1S/C19H19NO4/c21-18(16-10-11-24-12-16)20-17(13-4-2-1-3-5-13)14-6-8-15(9-7-14)19(22)23/h1-9,16-17H,10-12H2,(H,20,21)(H,22,23). The van der Waals surface area contributed by atoms with Gasteiger partial charge in [-0.25, -0.2) is 4.79 Å². The average molecular weight is 325 g/mol. The van der Waals surface area contributed by atoms with Crippen molar-refractivity contribution in [2.75, 3.05) is 13.2 Å². The van der Waals surface area contributed by atoms with E-state index in [9.17, 15) is 9.59 Å². The van der Waals surface area contributed by atoms with Crippen LogP contribution in [0.2, 0.25) is 0 Å². The normalized spacial score (nSPS) is 18.1. The second kappa shape index (κ2) is 7.27. The molecule has 0 saturated carbocycles. The molecule has 1 saturated heterocycles. The Morgan fingerprint density at radius 2 is 1.71 bits per heavy atom. The van der Waals surface area contributed by atoms with Gasteiger partial charge >= 0.3 is 5.97 Å². The highest BCUT2D eigenvalue weighted by atomic mass is 16.5. The zero-order valence-electron chi connectivity index (χ0n) is 13.1. The molecule has 1 heterocycles. The van der Waals surface area contributed by atoms with E-state index in [1.807, 2.05) is 30.3 Å². The summed E-state index contributed by atoms with van der Waals surface area (Å²) in [5, 5.41) is 12.1. The summed E-state index contributed by atoms with van der Waals surface area (Å²) in [5.41, 5.74) is 2.02. The van der Waals surface area contributed by atoms with Crippen LogP contribution in [0.4, 0.5) is 0 Å². The summed E-state index contributed by atoms with van der Waals surface area (Å²) in [4.78, 5) is 23.5. The van der Waals surface area contributed by atoms with E-state index < -0.39 is 5.97 Å². The maximum Gasteiger partial charge on any atom is 0.335 e. The third kappa shape index (κ3) is 3.63. The maximum absolute atomic E-state index is 12.5. The number of carboxylic acid groups (broad SMARTS) is 1. The number of rotatable bonds is 5. The van der Waals surface area contributed by atoms with E-state index >= 15 is 0 Å². The molecular weight excluding hydrogens is 306 g/mol. The van der Waals surface area contributed by atoms with Crippen LogP contribution in [0.15, 0.2) is 54.6 Å². The van der Waals surface area contributed by atoms with Gasteiger partial charge in [-0.2, -0.15) is 0 Å². The molecule has 2 atom stereocenters. The molecule has 2 N–H and O–H groups in total. The highest BCUT2D eigenvalue weighted by molar-refractivity contribution is 5.87. The molecular formula is C19H19NO4. The van der Waals surface area contributed by atoms with E-state index in [1.165, 1.54) is 0 Å². The monoisotopic (exact) mass is 325 g/mol. The second-order valence-electron chi connectivity index (χ2n) is 5.84. The molecule has 24 heavy (non-hydrogen) atoms. The maximum atomic E-state index is 12.5. The molecule has 0 bridgehead atoms. The summed E-state index contributed by atoms with van der Waals surface area (Å²) < 4.78 is 5.29. The third-order valence-electron chi connectivity index (χ3n) is 4.21. The van der Waals surface area contributed by atoms with E-state index in [0.29, 0.717) is 13.2 Å². The van der Waals surface area contributed by atoms with Gasteiger partial charge in [-0.3, -0.25) is 4.79 Å². The molecule has 3 rings (SSSR count). The lowest BCUT2D eigenvalue weighted by Crippen LogP contribution is -2.34. The fourth-order valence-electron chi connectivity index (χ4n) is 2.82. The Balaban J connectivity index is 1.87. The molecule has 1 aliphatic heterocycles. The zero-order chi connectivity index (χ0) is 16.9. The summed E-state index contributed by atoms with van der Waals surface area (Å²) >= 11 is 0. The largest absolute Gasteiger partial charge is 0.478 e. The SMILES string of the molecule is O=C(O)c1ccc(C(NC(=O)C2CCOC2)c2ccccc2)cc1. The summed E-state index contributed by atoms with van der Waals surface area (Å²) in [7, 11) is 0. The lowest BCUT2D eigenvalue weighted by Gasteiger charge is -2.21. The van der Waals surface area contributed by atoms with Crippen LogP contribution in [0.5, 0.6) is 0 Å². The first-order valence-electron chi connectivity index (χ1n) is 7.91. The van der Waals surface area contributed by atoms with Crippen LogP contribution in [-0.2, 0) is 9.53 Å². The van der Waals surface area contributed by atoms with Crippen molar-refractivity contribution in [3.8, 4) is 0 Å². The number of ether oxygens (including phenoxy) is 1. The molecule has 124 valence electrons. The van der Waals surface area contributed by atoms with Crippen LogP contribution in [-0.4, -0.2) is 30.2 Å². The quantitative estimate of drug-likeness (QED) is 0.886. The smallest absolute Gasteiger partial charge is 0.335 e. The van der Waals surface area contributed by atoms with Crippen molar-refractivity contribution in [2.45, 2.75) is 12.5 Å². The molecule has 1 amide bonds. The Bertz CT molecular complexity index is 706. The van der Waals surface area contributed by atoms with Gasteiger partial charge < -0.3 is 15.2 Å². The fourth-order valence-corrected chi connectivity index (χ4v) is 2.82. The molecule has 1 fully saturated rings. The summed E-state index contributed by atoms with van der Waals surface area (Å²) in [6.45, 7) is 1.06. The van der Waals surface area contributed by atoms with Crippen molar-refractivity contribution < 1.29 is 19.4 Å². The summed E-state index contributed by atoms with van der Waals surface area (Å²) in [6, 6.07) is 15.9. The minimum absolute atomic E-state index is 0.0383. The number of carbonyl (C=O) groups is 2. The van der Waals surface area contributed by atoms with E-state index in [-0.39, 0.29) is 23.4 Å². The highest BCUT2D eigenvalue weighted by Gasteiger charge is 2.26. The molecule has 0 radical (unpaired) electrons. The van der Waals surface area contributed by atoms with Crippen LogP contribution in [0.3, 0.4) is 0 Å². The molecule has 2 aromatic rings. The van der Waals surface area contributed by atoms with Crippen LogP contribution < -0.4 is 5.32 Å². The van der Waals surface area contributed by atoms with Gasteiger partial charge in [0.1, 0.15) is 0 Å². The molecule has 5 nitrogen and oxygen atoms in total. The highest BCUT2D eigenvalue weighted by Crippen LogP contribution is 2.24. The lowest BCUT2D eigenvalue weighted by atomic mass is 9.96. The first-order chi connectivity index (χ1) is 11.6. The van der Waals surface area contributed by atoms with Gasteiger partial charge in [-0.05, 0) is 29.7 Å². The predicted molar refractivity (Wildman–Crippen MR) is 88.8 cm³/mol. The van der Waals surface area contributed by atoms with Gasteiger partial charge in [0.15, 0.2) is 0 Å². The zero-order valence-corrected chi connectivity index (χ0v) is 13.1. The first-order valence-corrected chi connectivity index (χ1v) is 7.91. The van der Waals surface area contributed by atoms with E-state index in [0.717, 1.165) is 17.5 Å². The molecule has 1 aliphatic rings. The summed E-state index contributed by atoms with van der Waals surface area (Å²) in [6.07, 6.45) is 0.727. The van der Waals surface area contributed by atoms with Crippen LogP contribution >= 0.6 is 0 Å². The van der Waals surface area contributed by atoms with Crippen molar-refractivity contribution in [3.63, 3.8) is 0 Å². The van der Waals surface area contributed by atoms with Crippen LogP contribution in [0, 0.1) is 5.92 Å².